The van der Waals surface area contributed by atoms with Crippen LogP contribution < -0.4 is 10.7 Å². The van der Waals surface area contributed by atoms with Gasteiger partial charge in [0.15, 0.2) is 0 Å². The SMILES string of the molecule is O=C(CCn1ncc(=O)c2ccccc21)Nc1cnn(Cc2ccccc2)c1. The van der Waals surface area contributed by atoms with E-state index < -0.39 is 0 Å². The fourth-order valence-corrected chi connectivity index (χ4v) is 3.06. The van der Waals surface area contributed by atoms with Crippen molar-refractivity contribution in [3.8, 4) is 0 Å². The molecule has 2 aromatic heterocycles. The van der Waals surface area contributed by atoms with Gasteiger partial charge in [-0.25, -0.2) is 0 Å². The number of nitrogens with zero attached hydrogens (tertiary/aromatic N) is 4. The standard InChI is InChI=1S/C21H19N5O2/c27-20-13-23-26(19-9-5-4-8-18(19)20)11-10-21(28)24-17-12-22-25(15-17)14-16-6-2-1-3-7-16/h1-9,12-13,15H,10-11,14H2,(H,24,28). The third-order valence-electron chi connectivity index (χ3n) is 4.42. The third-order valence-corrected chi connectivity index (χ3v) is 4.42. The van der Waals surface area contributed by atoms with Crippen LogP contribution in [0.3, 0.4) is 0 Å². The molecule has 7 heteroatoms. The lowest BCUT2D eigenvalue weighted by Gasteiger charge is -2.09. The Hall–Kier alpha value is -3.74. The maximum Gasteiger partial charge on any atom is 0.226 e. The molecule has 0 aliphatic carbocycles. The van der Waals surface area contributed by atoms with Crippen LogP contribution in [-0.4, -0.2) is 25.5 Å². The van der Waals surface area contributed by atoms with E-state index in [1.54, 1.807) is 27.8 Å². The molecule has 0 aliphatic heterocycles. The molecule has 0 radical (unpaired) electrons. The normalized spacial score (nSPS) is 10.9. The van der Waals surface area contributed by atoms with Crippen molar-refractivity contribution in [3.63, 3.8) is 0 Å². The highest BCUT2D eigenvalue weighted by molar-refractivity contribution is 5.90. The minimum Gasteiger partial charge on any atom is -0.323 e. The predicted molar refractivity (Wildman–Crippen MR) is 107 cm³/mol. The van der Waals surface area contributed by atoms with Gasteiger partial charge in [-0.05, 0) is 17.7 Å². The number of rotatable bonds is 6. The van der Waals surface area contributed by atoms with Gasteiger partial charge in [0.25, 0.3) is 0 Å². The lowest BCUT2D eigenvalue weighted by molar-refractivity contribution is -0.116. The average Bonchev–Trinajstić information content (AvgIpc) is 3.15. The second-order valence-corrected chi connectivity index (χ2v) is 6.46. The molecule has 4 rings (SSSR count). The Morgan fingerprint density at radius 2 is 1.75 bits per heavy atom. The van der Waals surface area contributed by atoms with E-state index in [2.05, 4.69) is 15.5 Å². The monoisotopic (exact) mass is 373 g/mol. The first-order valence-corrected chi connectivity index (χ1v) is 9.00. The molecular weight excluding hydrogens is 354 g/mol. The van der Waals surface area contributed by atoms with Crippen LogP contribution in [0, 0.1) is 0 Å². The first-order valence-electron chi connectivity index (χ1n) is 9.00. The summed E-state index contributed by atoms with van der Waals surface area (Å²) in [7, 11) is 0. The lowest BCUT2D eigenvalue weighted by atomic mass is 10.2. The summed E-state index contributed by atoms with van der Waals surface area (Å²) in [5, 5.41) is 11.9. The Morgan fingerprint density at radius 3 is 2.61 bits per heavy atom. The van der Waals surface area contributed by atoms with Crippen molar-refractivity contribution in [3.05, 3.63) is 89.0 Å². The Morgan fingerprint density at radius 1 is 0.964 bits per heavy atom. The molecule has 1 amide bonds. The summed E-state index contributed by atoms with van der Waals surface area (Å²) in [5.41, 5.74) is 2.39. The Balaban J connectivity index is 1.38. The van der Waals surface area contributed by atoms with E-state index >= 15 is 0 Å². The minimum atomic E-state index is -0.135. The molecule has 4 aromatic rings. The minimum absolute atomic E-state index is 0.123. The molecule has 0 unspecified atom stereocenters. The van der Waals surface area contributed by atoms with Gasteiger partial charge >= 0.3 is 0 Å². The fraction of sp³-hybridized carbons (Fsp3) is 0.143. The largest absolute Gasteiger partial charge is 0.323 e. The van der Waals surface area contributed by atoms with Gasteiger partial charge in [-0.15, -0.1) is 0 Å². The molecule has 0 atom stereocenters. The number of hydrogen-bond donors (Lipinski definition) is 1. The summed E-state index contributed by atoms with van der Waals surface area (Å²) < 4.78 is 3.46. The molecule has 0 fully saturated rings. The van der Waals surface area contributed by atoms with Crippen molar-refractivity contribution >= 4 is 22.5 Å². The number of para-hydroxylation sites is 1. The van der Waals surface area contributed by atoms with Crippen molar-refractivity contribution in [2.45, 2.75) is 19.5 Å². The van der Waals surface area contributed by atoms with Crippen LogP contribution in [-0.2, 0) is 17.9 Å². The Bertz CT molecular complexity index is 1160. The van der Waals surface area contributed by atoms with Crippen molar-refractivity contribution in [1.29, 1.82) is 0 Å². The van der Waals surface area contributed by atoms with Gasteiger partial charge in [0.05, 0.1) is 36.7 Å². The zero-order valence-electron chi connectivity index (χ0n) is 15.2. The van der Waals surface area contributed by atoms with E-state index in [9.17, 15) is 9.59 Å². The van der Waals surface area contributed by atoms with E-state index in [4.69, 9.17) is 0 Å². The Kier molecular flexibility index (Phi) is 4.97. The summed E-state index contributed by atoms with van der Waals surface area (Å²) in [5.74, 6) is -0.135. The van der Waals surface area contributed by atoms with E-state index in [-0.39, 0.29) is 17.8 Å². The van der Waals surface area contributed by atoms with E-state index in [0.717, 1.165) is 11.1 Å². The number of anilines is 1. The van der Waals surface area contributed by atoms with Gasteiger partial charge in [0.1, 0.15) is 0 Å². The number of fused-ring (bicyclic) bond motifs is 1. The molecule has 140 valence electrons. The average molecular weight is 373 g/mol. The zero-order chi connectivity index (χ0) is 19.3. The van der Waals surface area contributed by atoms with Crippen molar-refractivity contribution in [1.82, 2.24) is 19.6 Å². The summed E-state index contributed by atoms with van der Waals surface area (Å²) in [6.07, 6.45) is 4.96. The number of amides is 1. The lowest BCUT2D eigenvalue weighted by Crippen LogP contribution is -2.17. The van der Waals surface area contributed by atoms with E-state index in [0.29, 0.717) is 24.2 Å². The van der Waals surface area contributed by atoms with Gasteiger partial charge in [-0.3, -0.25) is 19.0 Å². The molecule has 0 saturated carbocycles. The summed E-state index contributed by atoms with van der Waals surface area (Å²) >= 11 is 0. The maximum absolute atomic E-state index is 12.3. The quantitative estimate of drug-likeness (QED) is 0.563. The van der Waals surface area contributed by atoms with E-state index in [1.165, 1.54) is 6.20 Å². The Labute approximate surface area is 161 Å². The maximum atomic E-state index is 12.3. The van der Waals surface area contributed by atoms with Crippen molar-refractivity contribution in [2.75, 3.05) is 5.32 Å². The molecule has 2 aromatic carbocycles. The smallest absolute Gasteiger partial charge is 0.226 e. The number of benzene rings is 2. The second-order valence-electron chi connectivity index (χ2n) is 6.46. The summed E-state index contributed by atoms with van der Waals surface area (Å²) in [6, 6.07) is 17.2. The second kappa shape index (κ2) is 7.87. The zero-order valence-corrected chi connectivity index (χ0v) is 15.2. The number of carbonyl (C=O) groups excluding carboxylic acids is 1. The molecule has 2 heterocycles. The molecule has 7 nitrogen and oxygen atoms in total. The topological polar surface area (TPSA) is 81.8 Å². The summed E-state index contributed by atoms with van der Waals surface area (Å²) in [4.78, 5) is 24.2. The van der Waals surface area contributed by atoms with Crippen LogP contribution >= 0.6 is 0 Å². The highest BCUT2D eigenvalue weighted by Gasteiger charge is 2.08. The number of carbonyl (C=O) groups is 1. The number of aromatic nitrogens is 4. The predicted octanol–water partition coefficient (Wildman–Crippen LogP) is 2.67. The van der Waals surface area contributed by atoms with Crippen LogP contribution in [0.15, 0.2) is 78.0 Å². The van der Waals surface area contributed by atoms with Crippen LogP contribution in [0.1, 0.15) is 12.0 Å². The molecular formula is C21H19N5O2. The number of aryl methyl sites for hydroxylation is 1. The highest BCUT2D eigenvalue weighted by atomic mass is 16.1. The van der Waals surface area contributed by atoms with Gasteiger partial charge < -0.3 is 5.32 Å². The number of hydrogen-bond acceptors (Lipinski definition) is 4. The first kappa shape index (κ1) is 17.7. The third kappa shape index (κ3) is 3.98. The summed E-state index contributed by atoms with van der Waals surface area (Å²) in [6.45, 7) is 1.02. The molecule has 0 saturated heterocycles. The highest BCUT2D eigenvalue weighted by Crippen LogP contribution is 2.10. The van der Waals surface area contributed by atoms with Gasteiger partial charge in [-0.1, -0.05) is 42.5 Å². The van der Waals surface area contributed by atoms with Crippen LogP contribution in [0.2, 0.25) is 0 Å². The van der Waals surface area contributed by atoms with Crippen LogP contribution in [0.25, 0.3) is 10.9 Å². The van der Waals surface area contributed by atoms with Gasteiger partial charge in [0, 0.05) is 18.0 Å². The van der Waals surface area contributed by atoms with Crippen molar-refractivity contribution < 1.29 is 4.79 Å². The molecule has 1 N–H and O–H groups in total. The van der Waals surface area contributed by atoms with Gasteiger partial charge in [0.2, 0.25) is 11.3 Å². The van der Waals surface area contributed by atoms with Gasteiger partial charge in [-0.2, -0.15) is 10.2 Å². The molecule has 0 bridgehead atoms. The van der Waals surface area contributed by atoms with Crippen molar-refractivity contribution in [2.24, 2.45) is 0 Å². The number of nitrogens with one attached hydrogen (secondary N) is 1. The fourth-order valence-electron chi connectivity index (χ4n) is 3.06. The van der Waals surface area contributed by atoms with Crippen LogP contribution in [0.5, 0.6) is 0 Å². The molecule has 0 spiro atoms. The van der Waals surface area contributed by atoms with Crippen LogP contribution in [0.4, 0.5) is 5.69 Å². The van der Waals surface area contributed by atoms with E-state index in [1.807, 2.05) is 48.5 Å². The molecule has 0 aliphatic rings. The molecule has 28 heavy (non-hydrogen) atoms. The first-order chi connectivity index (χ1) is 13.7.